The van der Waals surface area contributed by atoms with E-state index in [0.717, 1.165) is 16.9 Å². The number of hydrogen-bond donors (Lipinski definition) is 2. The van der Waals surface area contributed by atoms with E-state index in [0.29, 0.717) is 17.9 Å². The van der Waals surface area contributed by atoms with Crippen LogP contribution in [0, 0.1) is 5.92 Å². The van der Waals surface area contributed by atoms with Crippen LogP contribution in [0.3, 0.4) is 0 Å². The number of hydrazone groups is 1. The van der Waals surface area contributed by atoms with Gasteiger partial charge in [0.2, 0.25) is 5.91 Å². The van der Waals surface area contributed by atoms with E-state index in [1.807, 2.05) is 68.4 Å². The Labute approximate surface area is 182 Å². The zero-order chi connectivity index (χ0) is 22.1. The SMILES string of the molecule is CC(C)C(=O)Nc1ccc(C(=O)NN=Cc2ccc(OCc3ccccc3)cc2)cc1. The molecule has 0 radical (unpaired) electrons. The van der Waals surface area contributed by atoms with Gasteiger partial charge in [-0.3, -0.25) is 9.59 Å². The largest absolute Gasteiger partial charge is 0.489 e. The molecule has 0 aromatic heterocycles. The molecule has 6 nitrogen and oxygen atoms in total. The second-order valence-corrected chi connectivity index (χ2v) is 7.26. The average Bonchev–Trinajstić information content (AvgIpc) is 2.79. The highest BCUT2D eigenvalue weighted by Crippen LogP contribution is 2.14. The summed E-state index contributed by atoms with van der Waals surface area (Å²) >= 11 is 0. The van der Waals surface area contributed by atoms with Crippen molar-refractivity contribution in [2.45, 2.75) is 20.5 Å². The minimum atomic E-state index is -0.333. The van der Waals surface area contributed by atoms with E-state index in [9.17, 15) is 9.59 Å². The predicted octanol–water partition coefficient (Wildman–Crippen LogP) is 4.62. The number of hydrogen-bond acceptors (Lipinski definition) is 4. The summed E-state index contributed by atoms with van der Waals surface area (Å²) in [5.41, 5.74) is 5.53. The van der Waals surface area contributed by atoms with Crippen LogP contribution in [0.5, 0.6) is 5.75 Å². The highest BCUT2D eigenvalue weighted by molar-refractivity contribution is 5.96. The number of anilines is 1. The molecule has 0 saturated carbocycles. The van der Waals surface area contributed by atoms with Crippen molar-refractivity contribution in [3.8, 4) is 5.75 Å². The molecule has 0 spiro atoms. The first kappa shape index (κ1) is 21.8. The van der Waals surface area contributed by atoms with Gasteiger partial charge in [-0.05, 0) is 59.7 Å². The van der Waals surface area contributed by atoms with E-state index in [-0.39, 0.29) is 17.7 Å². The van der Waals surface area contributed by atoms with Gasteiger partial charge in [-0.2, -0.15) is 5.10 Å². The summed E-state index contributed by atoms with van der Waals surface area (Å²) < 4.78 is 5.75. The third-order valence-corrected chi connectivity index (χ3v) is 4.45. The second kappa shape index (κ2) is 10.7. The topological polar surface area (TPSA) is 79.8 Å². The van der Waals surface area contributed by atoms with Crippen molar-refractivity contribution in [3.63, 3.8) is 0 Å². The smallest absolute Gasteiger partial charge is 0.271 e. The standard InChI is InChI=1S/C25H25N3O3/c1-18(2)24(29)27-22-12-10-21(11-13-22)25(30)28-26-16-19-8-14-23(15-9-19)31-17-20-6-4-3-5-7-20/h3-16,18H,17H2,1-2H3,(H,27,29)(H,28,30). The van der Waals surface area contributed by atoms with Crippen molar-refractivity contribution in [2.24, 2.45) is 11.0 Å². The van der Waals surface area contributed by atoms with Gasteiger partial charge in [0, 0.05) is 17.2 Å². The highest BCUT2D eigenvalue weighted by atomic mass is 16.5. The second-order valence-electron chi connectivity index (χ2n) is 7.26. The first-order valence-electron chi connectivity index (χ1n) is 10.0. The molecule has 31 heavy (non-hydrogen) atoms. The third-order valence-electron chi connectivity index (χ3n) is 4.45. The van der Waals surface area contributed by atoms with Gasteiger partial charge < -0.3 is 10.1 Å². The van der Waals surface area contributed by atoms with Crippen LogP contribution >= 0.6 is 0 Å². The van der Waals surface area contributed by atoms with Crippen molar-refractivity contribution in [3.05, 3.63) is 95.6 Å². The zero-order valence-electron chi connectivity index (χ0n) is 17.5. The molecule has 2 N–H and O–H groups in total. The summed E-state index contributed by atoms with van der Waals surface area (Å²) in [6.45, 7) is 4.14. The number of benzene rings is 3. The highest BCUT2D eigenvalue weighted by Gasteiger charge is 2.08. The van der Waals surface area contributed by atoms with Gasteiger partial charge >= 0.3 is 0 Å². The van der Waals surface area contributed by atoms with E-state index >= 15 is 0 Å². The van der Waals surface area contributed by atoms with Gasteiger partial charge in [-0.15, -0.1) is 0 Å². The van der Waals surface area contributed by atoms with Crippen molar-refractivity contribution in [1.29, 1.82) is 0 Å². The fourth-order valence-electron chi connectivity index (χ4n) is 2.61. The first-order valence-corrected chi connectivity index (χ1v) is 10.0. The maximum absolute atomic E-state index is 12.2. The van der Waals surface area contributed by atoms with Crippen molar-refractivity contribution < 1.29 is 14.3 Å². The summed E-state index contributed by atoms with van der Waals surface area (Å²) in [5.74, 6) is 0.246. The molecular weight excluding hydrogens is 390 g/mol. The summed E-state index contributed by atoms with van der Waals surface area (Å²) in [6, 6.07) is 24.0. The van der Waals surface area contributed by atoms with Crippen LogP contribution in [0.4, 0.5) is 5.69 Å². The molecule has 3 aromatic carbocycles. The number of nitrogens with one attached hydrogen (secondary N) is 2. The molecule has 3 aromatic rings. The maximum Gasteiger partial charge on any atom is 0.271 e. The van der Waals surface area contributed by atoms with Crippen LogP contribution in [0.15, 0.2) is 84.0 Å². The van der Waals surface area contributed by atoms with Gasteiger partial charge in [-0.25, -0.2) is 5.43 Å². The van der Waals surface area contributed by atoms with E-state index in [2.05, 4.69) is 15.8 Å². The lowest BCUT2D eigenvalue weighted by Crippen LogP contribution is -2.19. The summed E-state index contributed by atoms with van der Waals surface area (Å²) in [6.07, 6.45) is 1.57. The van der Waals surface area contributed by atoms with Crippen LogP contribution in [0.2, 0.25) is 0 Å². The minimum Gasteiger partial charge on any atom is -0.489 e. The molecule has 3 rings (SSSR count). The Bertz CT molecular complexity index is 1030. The average molecular weight is 415 g/mol. The molecule has 158 valence electrons. The van der Waals surface area contributed by atoms with Gasteiger partial charge in [-0.1, -0.05) is 44.2 Å². The Morgan fingerprint density at radius 1 is 0.935 bits per heavy atom. The van der Waals surface area contributed by atoms with E-state index in [1.54, 1.807) is 30.5 Å². The monoisotopic (exact) mass is 415 g/mol. The Kier molecular flexibility index (Phi) is 7.54. The predicted molar refractivity (Wildman–Crippen MR) is 122 cm³/mol. The zero-order valence-corrected chi connectivity index (χ0v) is 17.5. The van der Waals surface area contributed by atoms with Crippen LogP contribution in [-0.4, -0.2) is 18.0 Å². The molecule has 0 aliphatic heterocycles. The molecule has 0 fully saturated rings. The van der Waals surface area contributed by atoms with Crippen LogP contribution < -0.4 is 15.5 Å². The number of carbonyl (C=O) groups is 2. The minimum absolute atomic E-state index is 0.0710. The summed E-state index contributed by atoms with van der Waals surface area (Å²) in [7, 11) is 0. The quantitative estimate of drug-likeness (QED) is 0.416. The fraction of sp³-hybridized carbons (Fsp3) is 0.160. The Hall–Kier alpha value is -3.93. The van der Waals surface area contributed by atoms with Crippen molar-refractivity contribution in [2.75, 3.05) is 5.32 Å². The van der Waals surface area contributed by atoms with Gasteiger partial charge in [0.25, 0.3) is 5.91 Å². The number of amides is 2. The van der Waals surface area contributed by atoms with Crippen LogP contribution in [0.25, 0.3) is 0 Å². The van der Waals surface area contributed by atoms with Gasteiger partial charge in [0.15, 0.2) is 0 Å². The Morgan fingerprint density at radius 3 is 2.26 bits per heavy atom. The molecule has 0 aliphatic carbocycles. The van der Waals surface area contributed by atoms with E-state index in [4.69, 9.17) is 4.74 Å². The van der Waals surface area contributed by atoms with Gasteiger partial charge in [0.1, 0.15) is 12.4 Å². The molecule has 0 atom stereocenters. The number of ether oxygens (including phenoxy) is 1. The number of carbonyl (C=O) groups excluding carboxylic acids is 2. The number of nitrogens with zero attached hydrogens (tertiary/aromatic N) is 1. The fourth-order valence-corrected chi connectivity index (χ4v) is 2.61. The van der Waals surface area contributed by atoms with E-state index < -0.39 is 0 Å². The van der Waals surface area contributed by atoms with Crippen molar-refractivity contribution in [1.82, 2.24) is 5.43 Å². The summed E-state index contributed by atoms with van der Waals surface area (Å²) in [5, 5.41) is 6.78. The molecule has 0 unspecified atom stereocenters. The molecule has 6 heteroatoms. The van der Waals surface area contributed by atoms with Crippen LogP contribution in [0.1, 0.15) is 35.3 Å². The molecule has 0 saturated heterocycles. The molecule has 0 heterocycles. The van der Waals surface area contributed by atoms with Crippen molar-refractivity contribution >= 4 is 23.7 Å². The summed E-state index contributed by atoms with van der Waals surface area (Å²) in [4.78, 5) is 23.9. The molecule has 0 bridgehead atoms. The number of rotatable bonds is 8. The normalized spacial score (nSPS) is 10.8. The Morgan fingerprint density at radius 2 is 1.61 bits per heavy atom. The van der Waals surface area contributed by atoms with E-state index in [1.165, 1.54) is 0 Å². The van der Waals surface area contributed by atoms with Crippen LogP contribution in [-0.2, 0) is 11.4 Å². The molecular formula is C25H25N3O3. The molecule has 2 amide bonds. The lowest BCUT2D eigenvalue weighted by molar-refractivity contribution is -0.118. The lowest BCUT2D eigenvalue weighted by atomic mass is 10.1. The lowest BCUT2D eigenvalue weighted by Gasteiger charge is -2.08. The maximum atomic E-state index is 12.2. The Balaban J connectivity index is 1.48. The first-order chi connectivity index (χ1) is 15.0. The molecule has 0 aliphatic rings. The van der Waals surface area contributed by atoms with Gasteiger partial charge in [0.05, 0.1) is 6.21 Å². The third kappa shape index (κ3) is 6.82.